The van der Waals surface area contributed by atoms with E-state index < -0.39 is 12.6 Å². The number of amides is 1. The highest BCUT2D eigenvalue weighted by molar-refractivity contribution is 5.92. The van der Waals surface area contributed by atoms with Crippen molar-refractivity contribution >= 4 is 17.8 Å². The summed E-state index contributed by atoms with van der Waals surface area (Å²) in [4.78, 5) is 38.2. The van der Waals surface area contributed by atoms with E-state index in [2.05, 4.69) is 5.10 Å². The van der Waals surface area contributed by atoms with E-state index >= 15 is 0 Å². The van der Waals surface area contributed by atoms with Crippen LogP contribution < -0.4 is 4.74 Å². The molecule has 0 N–H and O–H groups in total. The molecule has 160 valence electrons. The molecule has 0 saturated carbocycles. The summed E-state index contributed by atoms with van der Waals surface area (Å²) in [6.07, 6.45) is 2.65. The number of para-hydroxylation sites is 1. The maximum absolute atomic E-state index is 12.5. The molecule has 1 amide bonds. The zero-order valence-electron chi connectivity index (χ0n) is 17.1. The molecule has 30 heavy (non-hydrogen) atoms. The number of carbonyl (C=O) groups excluding carboxylic acids is 3. The van der Waals surface area contributed by atoms with Crippen LogP contribution in [0.4, 0.5) is 0 Å². The Hall–Kier alpha value is -3.36. The van der Waals surface area contributed by atoms with Gasteiger partial charge in [0.15, 0.2) is 12.4 Å². The van der Waals surface area contributed by atoms with Gasteiger partial charge in [0.2, 0.25) is 5.69 Å². The number of hydrogen-bond acceptors (Lipinski definition) is 7. The summed E-state index contributed by atoms with van der Waals surface area (Å²) in [5, 5.41) is 4.23. The van der Waals surface area contributed by atoms with Gasteiger partial charge in [-0.3, -0.25) is 9.59 Å². The maximum Gasteiger partial charge on any atom is 0.363 e. The largest absolute Gasteiger partial charge is 0.493 e. The van der Waals surface area contributed by atoms with Crippen molar-refractivity contribution in [2.45, 2.75) is 19.8 Å². The van der Waals surface area contributed by atoms with Gasteiger partial charge in [-0.15, -0.1) is 0 Å². The average molecular weight is 415 g/mol. The summed E-state index contributed by atoms with van der Waals surface area (Å²) in [5.74, 6) is -1.21. The monoisotopic (exact) mass is 415 g/mol. The van der Waals surface area contributed by atoms with Crippen LogP contribution in [0.25, 0.3) is 5.69 Å². The van der Waals surface area contributed by atoms with Gasteiger partial charge in [0.1, 0.15) is 0 Å². The lowest BCUT2D eigenvalue weighted by atomic mass is 9.97. The third-order valence-corrected chi connectivity index (χ3v) is 4.91. The number of likely N-dealkylation sites (tertiary alicyclic amines) is 1. The fraction of sp³-hybridized carbons (Fsp3) is 0.429. The summed E-state index contributed by atoms with van der Waals surface area (Å²) in [6, 6.07) is 9.26. The fourth-order valence-electron chi connectivity index (χ4n) is 3.27. The minimum atomic E-state index is -0.740. The normalized spacial score (nSPS) is 14.3. The molecule has 2 heterocycles. The average Bonchev–Trinajstić information content (AvgIpc) is 3.23. The highest BCUT2D eigenvalue weighted by atomic mass is 16.5. The molecule has 0 atom stereocenters. The number of ether oxygens (including phenoxy) is 3. The second-order valence-electron chi connectivity index (χ2n) is 6.81. The Morgan fingerprint density at radius 1 is 1.10 bits per heavy atom. The Bertz CT molecular complexity index is 887. The van der Waals surface area contributed by atoms with Gasteiger partial charge in [-0.2, -0.15) is 5.10 Å². The summed E-state index contributed by atoms with van der Waals surface area (Å²) in [6.45, 7) is 2.56. The van der Waals surface area contributed by atoms with E-state index in [4.69, 9.17) is 14.2 Å². The Morgan fingerprint density at radius 3 is 2.43 bits per heavy atom. The molecule has 1 aliphatic rings. The Kier molecular flexibility index (Phi) is 7.05. The highest BCUT2D eigenvalue weighted by Crippen LogP contribution is 2.21. The standard InChI is InChI=1S/C21H25N3O6/c1-3-29-20(26)15-9-11-23(12-10-15)18(25)14-30-21(27)19-17(28-2)13-24(22-19)16-7-5-4-6-8-16/h4-8,13,15H,3,9-12,14H2,1-2H3. The molecule has 1 fully saturated rings. The van der Waals surface area contributed by atoms with Gasteiger partial charge in [-0.05, 0) is 31.9 Å². The first-order valence-electron chi connectivity index (χ1n) is 9.84. The number of hydrogen-bond donors (Lipinski definition) is 0. The molecule has 9 nitrogen and oxygen atoms in total. The number of esters is 2. The van der Waals surface area contributed by atoms with Crippen molar-refractivity contribution in [2.75, 3.05) is 33.4 Å². The first-order chi connectivity index (χ1) is 14.5. The van der Waals surface area contributed by atoms with E-state index in [0.717, 1.165) is 5.69 Å². The number of rotatable bonds is 7. The van der Waals surface area contributed by atoms with Crippen LogP contribution in [0.1, 0.15) is 30.3 Å². The van der Waals surface area contributed by atoms with E-state index in [0.29, 0.717) is 32.5 Å². The molecule has 0 spiro atoms. The molecule has 1 aromatic heterocycles. The van der Waals surface area contributed by atoms with Gasteiger partial charge in [0, 0.05) is 13.1 Å². The van der Waals surface area contributed by atoms with Crippen LogP contribution in [0.2, 0.25) is 0 Å². The second kappa shape index (κ2) is 9.91. The van der Waals surface area contributed by atoms with Crippen LogP contribution in [0.5, 0.6) is 5.75 Å². The van der Waals surface area contributed by atoms with E-state index in [1.54, 1.807) is 18.0 Å². The molecule has 1 saturated heterocycles. The van der Waals surface area contributed by atoms with Crippen molar-refractivity contribution < 1.29 is 28.6 Å². The fourth-order valence-corrected chi connectivity index (χ4v) is 3.27. The van der Waals surface area contributed by atoms with E-state index in [-0.39, 0.29) is 29.2 Å². The third kappa shape index (κ3) is 4.97. The van der Waals surface area contributed by atoms with Crippen molar-refractivity contribution in [3.8, 4) is 11.4 Å². The summed E-state index contributed by atoms with van der Waals surface area (Å²) < 4.78 is 16.9. The van der Waals surface area contributed by atoms with E-state index in [1.807, 2.05) is 30.3 Å². The Morgan fingerprint density at radius 2 is 1.80 bits per heavy atom. The highest BCUT2D eigenvalue weighted by Gasteiger charge is 2.29. The third-order valence-electron chi connectivity index (χ3n) is 4.91. The number of benzene rings is 1. The molecule has 9 heteroatoms. The van der Waals surface area contributed by atoms with Crippen molar-refractivity contribution in [1.29, 1.82) is 0 Å². The topological polar surface area (TPSA) is 100.0 Å². The molecule has 0 unspecified atom stereocenters. The lowest BCUT2D eigenvalue weighted by Crippen LogP contribution is -2.42. The minimum Gasteiger partial charge on any atom is -0.493 e. The molecule has 1 aromatic carbocycles. The number of methoxy groups -OCH3 is 1. The van der Waals surface area contributed by atoms with Crippen LogP contribution >= 0.6 is 0 Å². The molecule has 0 radical (unpaired) electrons. The van der Waals surface area contributed by atoms with Crippen LogP contribution in [-0.2, 0) is 19.1 Å². The van der Waals surface area contributed by atoms with Gasteiger partial charge in [0.05, 0.1) is 31.5 Å². The predicted molar refractivity (Wildman–Crippen MR) is 106 cm³/mol. The molecule has 0 aliphatic carbocycles. The second-order valence-corrected chi connectivity index (χ2v) is 6.81. The molecule has 3 rings (SSSR count). The van der Waals surface area contributed by atoms with Crippen LogP contribution in [-0.4, -0.2) is 65.9 Å². The van der Waals surface area contributed by atoms with Crippen molar-refractivity contribution in [3.63, 3.8) is 0 Å². The number of nitrogens with zero attached hydrogens (tertiary/aromatic N) is 3. The Balaban J connectivity index is 1.55. The van der Waals surface area contributed by atoms with Crippen molar-refractivity contribution in [3.05, 3.63) is 42.2 Å². The van der Waals surface area contributed by atoms with E-state index in [1.165, 1.54) is 11.8 Å². The number of carbonyl (C=O) groups is 3. The SMILES string of the molecule is CCOC(=O)C1CCN(C(=O)COC(=O)c2nn(-c3ccccc3)cc2OC)CC1. The summed E-state index contributed by atoms with van der Waals surface area (Å²) >= 11 is 0. The van der Waals surface area contributed by atoms with E-state index in [9.17, 15) is 14.4 Å². The maximum atomic E-state index is 12.5. The number of piperidine rings is 1. The Labute approximate surface area is 174 Å². The summed E-state index contributed by atoms with van der Waals surface area (Å²) in [7, 11) is 1.43. The molecular weight excluding hydrogens is 390 g/mol. The predicted octanol–water partition coefficient (Wildman–Crippen LogP) is 1.84. The smallest absolute Gasteiger partial charge is 0.363 e. The molecule has 0 bridgehead atoms. The lowest BCUT2D eigenvalue weighted by molar-refractivity contribution is -0.151. The first-order valence-corrected chi connectivity index (χ1v) is 9.84. The van der Waals surface area contributed by atoms with Crippen LogP contribution in [0, 0.1) is 5.92 Å². The van der Waals surface area contributed by atoms with Gasteiger partial charge in [0.25, 0.3) is 5.91 Å². The van der Waals surface area contributed by atoms with Crippen LogP contribution in [0.15, 0.2) is 36.5 Å². The zero-order chi connectivity index (χ0) is 21.5. The molecule has 1 aliphatic heterocycles. The minimum absolute atomic E-state index is 0.00447. The zero-order valence-corrected chi connectivity index (χ0v) is 17.1. The van der Waals surface area contributed by atoms with Crippen molar-refractivity contribution in [1.82, 2.24) is 14.7 Å². The first kappa shape index (κ1) is 21.4. The van der Waals surface area contributed by atoms with Crippen LogP contribution in [0.3, 0.4) is 0 Å². The van der Waals surface area contributed by atoms with Gasteiger partial charge >= 0.3 is 11.9 Å². The summed E-state index contributed by atoms with van der Waals surface area (Å²) in [5.41, 5.74) is 0.755. The van der Waals surface area contributed by atoms with Gasteiger partial charge in [-0.25, -0.2) is 9.48 Å². The molecular formula is C21H25N3O6. The molecule has 2 aromatic rings. The lowest BCUT2D eigenvalue weighted by Gasteiger charge is -2.30. The van der Waals surface area contributed by atoms with Crippen molar-refractivity contribution in [2.24, 2.45) is 5.92 Å². The van der Waals surface area contributed by atoms with Gasteiger partial charge in [-0.1, -0.05) is 18.2 Å². The quantitative estimate of drug-likeness (QED) is 0.636. The van der Waals surface area contributed by atoms with Gasteiger partial charge < -0.3 is 19.1 Å². The number of aromatic nitrogens is 2.